The monoisotopic (exact) mass is 355 g/mol. The summed E-state index contributed by atoms with van der Waals surface area (Å²) in [5.41, 5.74) is 1.59. The van der Waals surface area contributed by atoms with Crippen molar-refractivity contribution >= 4 is 17.5 Å². The highest BCUT2D eigenvalue weighted by molar-refractivity contribution is 6.30. The Labute approximate surface area is 143 Å². The number of hydrogen-bond donors (Lipinski definition) is 1. The van der Waals surface area contributed by atoms with Crippen LogP contribution in [0, 0.1) is 6.92 Å². The molecule has 0 aliphatic heterocycles. The molecule has 0 aromatic heterocycles. The van der Waals surface area contributed by atoms with Crippen molar-refractivity contribution in [2.75, 3.05) is 6.61 Å². The van der Waals surface area contributed by atoms with Gasteiger partial charge in [-0.3, -0.25) is 4.79 Å². The second kappa shape index (κ2) is 8.49. The number of aryl methyl sites for hydroxylation is 1. The quantitative estimate of drug-likeness (QED) is 0.818. The molecule has 0 aliphatic rings. The maximum Gasteiger partial charge on any atom is 0.387 e. The van der Waals surface area contributed by atoms with Crippen molar-refractivity contribution in [3.05, 3.63) is 58.6 Å². The summed E-state index contributed by atoms with van der Waals surface area (Å²) in [5, 5.41) is 3.28. The lowest BCUT2D eigenvalue weighted by Crippen LogP contribution is -2.28. The average Bonchev–Trinajstić information content (AvgIpc) is 2.53. The highest BCUT2D eigenvalue weighted by Gasteiger charge is 2.07. The van der Waals surface area contributed by atoms with Crippen molar-refractivity contribution in [1.82, 2.24) is 5.32 Å². The van der Waals surface area contributed by atoms with Crippen LogP contribution in [0.2, 0.25) is 5.02 Å². The fourth-order valence-electron chi connectivity index (χ4n) is 1.96. The van der Waals surface area contributed by atoms with Crippen molar-refractivity contribution in [1.29, 1.82) is 0 Å². The zero-order chi connectivity index (χ0) is 17.5. The molecule has 0 radical (unpaired) electrons. The van der Waals surface area contributed by atoms with Gasteiger partial charge in [0.25, 0.3) is 5.91 Å². The second-order valence-electron chi connectivity index (χ2n) is 5.00. The molecule has 4 nitrogen and oxygen atoms in total. The van der Waals surface area contributed by atoms with Crippen molar-refractivity contribution in [2.45, 2.75) is 20.1 Å². The molecule has 0 spiro atoms. The van der Waals surface area contributed by atoms with E-state index in [2.05, 4.69) is 10.1 Å². The Kier molecular flexibility index (Phi) is 6.37. The van der Waals surface area contributed by atoms with Crippen LogP contribution >= 0.6 is 11.6 Å². The van der Waals surface area contributed by atoms with Gasteiger partial charge in [0.1, 0.15) is 11.5 Å². The van der Waals surface area contributed by atoms with Gasteiger partial charge < -0.3 is 14.8 Å². The van der Waals surface area contributed by atoms with E-state index in [-0.39, 0.29) is 24.8 Å². The molecule has 0 bridgehead atoms. The summed E-state index contributed by atoms with van der Waals surface area (Å²) in [5.74, 6) is 0.363. The number of alkyl halides is 2. The molecule has 128 valence electrons. The summed E-state index contributed by atoms with van der Waals surface area (Å²) in [7, 11) is 0. The number of nitrogens with one attached hydrogen (secondary N) is 1. The van der Waals surface area contributed by atoms with E-state index >= 15 is 0 Å². The fraction of sp³-hybridized carbons (Fsp3) is 0.235. The second-order valence-corrected chi connectivity index (χ2v) is 5.43. The first-order chi connectivity index (χ1) is 11.4. The van der Waals surface area contributed by atoms with Gasteiger partial charge in [-0.25, -0.2) is 0 Å². The van der Waals surface area contributed by atoms with E-state index in [1.54, 1.807) is 30.3 Å². The highest BCUT2D eigenvalue weighted by Crippen LogP contribution is 2.21. The van der Waals surface area contributed by atoms with Crippen LogP contribution in [0.4, 0.5) is 8.78 Å². The molecule has 0 aliphatic carbocycles. The van der Waals surface area contributed by atoms with Crippen LogP contribution in [0.25, 0.3) is 0 Å². The van der Waals surface area contributed by atoms with Crippen molar-refractivity contribution < 1.29 is 23.0 Å². The molecule has 0 fully saturated rings. The molecule has 24 heavy (non-hydrogen) atoms. The van der Waals surface area contributed by atoms with Gasteiger partial charge in [-0.05, 0) is 48.4 Å². The molecule has 0 saturated heterocycles. The van der Waals surface area contributed by atoms with Gasteiger partial charge in [0, 0.05) is 11.6 Å². The smallest absolute Gasteiger partial charge is 0.387 e. The zero-order valence-electron chi connectivity index (χ0n) is 12.9. The Morgan fingerprint density at radius 1 is 1.21 bits per heavy atom. The number of hydrogen-bond acceptors (Lipinski definition) is 3. The molecule has 1 N–H and O–H groups in total. The zero-order valence-corrected chi connectivity index (χ0v) is 13.6. The third kappa shape index (κ3) is 5.70. The third-order valence-corrected chi connectivity index (χ3v) is 3.37. The molecular formula is C17H16ClF2NO3. The highest BCUT2D eigenvalue weighted by atomic mass is 35.5. The third-order valence-electron chi connectivity index (χ3n) is 3.13. The Bertz CT molecular complexity index is 693. The van der Waals surface area contributed by atoms with Gasteiger partial charge in [0.05, 0.1) is 0 Å². The predicted molar refractivity (Wildman–Crippen MR) is 86.6 cm³/mol. The number of carbonyl (C=O) groups is 1. The van der Waals surface area contributed by atoms with E-state index in [1.807, 2.05) is 6.92 Å². The van der Waals surface area contributed by atoms with Crippen LogP contribution in [0.15, 0.2) is 42.5 Å². The van der Waals surface area contributed by atoms with Gasteiger partial charge in [0.2, 0.25) is 0 Å². The summed E-state index contributed by atoms with van der Waals surface area (Å²) in [6.45, 7) is -0.891. The molecule has 2 aromatic rings. The van der Waals surface area contributed by atoms with E-state index < -0.39 is 6.61 Å². The summed E-state index contributed by atoms with van der Waals surface area (Å²) < 4.78 is 33.8. The summed E-state index contributed by atoms with van der Waals surface area (Å²) >= 11 is 5.85. The molecule has 0 atom stereocenters. The Morgan fingerprint density at radius 3 is 2.54 bits per heavy atom. The number of amides is 1. The molecule has 0 saturated carbocycles. The van der Waals surface area contributed by atoms with Crippen LogP contribution in [0.3, 0.4) is 0 Å². The van der Waals surface area contributed by atoms with Gasteiger partial charge in [-0.15, -0.1) is 0 Å². The molecule has 2 aromatic carbocycles. The van der Waals surface area contributed by atoms with Crippen molar-refractivity contribution in [3.63, 3.8) is 0 Å². The lowest BCUT2D eigenvalue weighted by Gasteiger charge is -2.10. The number of rotatable bonds is 7. The summed E-state index contributed by atoms with van der Waals surface area (Å²) in [4.78, 5) is 11.8. The molecule has 0 heterocycles. The van der Waals surface area contributed by atoms with E-state index in [4.69, 9.17) is 16.3 Å². The maximum absolute atomic E-state index is 12.0. The minimum atomic E-state index is -2.86. The minimum Gasteiger partial charge on any atom is -0.484 e. The van der Waals surface area contributed by atoms with Crippen LogP contribution in [0.5, 0.6) is 11.5 Å². The number of carbonyl (C=O) groups excluding carboxylic acids is 1. The van der Waals surface area contributed by atoms with Gasteiger partial charge in [-0.1, -0.05) is 23.7 Å². The van der Waals surface area contributed by atoms with Crippen LogP contribution in [-0.2, 0) is 11.3 Å². The fourth-order valence-corrected chi connectivity index (χ4v) is 2.19. The van der Waals surface area contributed by atoms with E-state index in [0.717, 1.165) is 11.1 Å². The Morgan fingerprint density at radius 2 is 1.92 bits per heavy atom. The summed E-state index contributed by atoms with van der Waals surface area (Å²) in [6.07, 6.45) is 0. The van der Waals surface area contributed by atoms with Gasteiger partial charge in [-0.2, -0.15) is 8.78 Å². The predicted octanol–water partition coefficient (Wildman–Crippen LogP) is 3.95. The van der Waals surface area contributed by atoms with Crippen molar-refractivity contribution in [3.8, 4) is 11.5 Å². The molecule has 2 rings (SSSR count). The number of ether oxygens (including phenoxy) is 2. The molecular weight excluding hydrogens is 340 g/mol. The standard InChI is InChI=1S/C17H16ClF2NO3/c1-11-8-13(18)4-7-15(11)23-10-16(22)21-9-12-2-5-14(6-3-12)24-17(19)20/h2-8,17H,9-10H2,1H3,(H,21,22). The maximum atomic E-state index is 12.0. The molecule has 7 heteroatoms. The van der Waals surface area contributed by atoms with E-state index in [1.165, 1.54) is 12.1 Å². The van der Waals surface area contributed by atoms with Gasteiger partial charge in [0.15, 0.2) is 6.61 Å². The topological polar surface area (TPSA) is 47.6 Å². The van der Waals surface area contributed by atoms with Gasteiger partial charge >= 0.3 is 6.61 Å². The minimum absolute atomic E-state index is 0.0709. The number of benzene rings is 2. The molecule has 1 amide bonds. The summed E-state index contributed by atoms with van der Waals surface area (Å²) in [6, 6.07) is 11.2. The van der Waals surface area contributed by atoms with E-state index in [9.17, 15) is 13.6 Å². The van der Waals surface area contributed by atoms with Crippen LogP contribution in [0.1, 0.15) is 11.1 Å². The average molecular weight is 356 g/mol. The number of halogens is 3. The SMILES string of the molecule is Cc1cc(Cl)ccc1OCC(=O)NCc1ccc(OC(F)F)cc1. The van der Waals surface area contributed by atoms with Crippen LogP contribution < -0.4 is 14.8 Å². The lowest BCUT2D eigenvalue weighted by molar-refractivity contribution is -0.123. The first kappa shape index (κ1) is 18.0. The lowest BCUT2D eigenvalue weighted by atomic mass is 10.2. The first-order valence-electron chi connectivity index (χ1n) is 7.13. The largest absolute Gasteiger partial charge is 0.484 e. The first-order valence-corrected chi connectivity index (χ1v) is 7.51. The Balaban J connectivity index is 1.78. The van der Waals surface area contributed by atoms with E-state index in [0.29, 0.717) is 10.8 Å². The van der Waals surface area contributed by atoms with Crippen molar-refractivity contribution in [2.24, 2.45) is 0 Å². The normalized spacial score (nSPS) is 10.5. The van der Waals surface area contributed by atoms with Crippen LogP contribution in [-0.4, -0.2) is 19.1 Å². The molecule has 0 unspecified atom stereocenters. The Hall–Kier alpha value is -2.34.